The SMILES string of the molecule is CCOc1ccc(C2=NC[C@H](CN3C(=O)c4ccccc4S3(=O)=O)S2)cc1. The number of sulfonamides is 1. The van der Waals surface area contributed by atoms with Crippen LogP contribution in [0.4, 0.5) is 0 Å². The van der Waals surface area contributed by atoms with Crippen LogP contribution in [0.2, 0.25) is 0 Å². The first-order valence-electron chi connectivity index (χ1n) is 8.61. The van der Waals surface area contributed by atoms with Crippen LogP contribution in [0.5, 0.6) is 5.75 Å². The maximum absolute atomic E-state index is 12.7. The lowest BCUT2D eigenvalue weighted by molar-refractivity contribution is 0.0872. The van der Waals surface area contributed by atoms with Gasteiger partial charge in [-0.05, 0) is 43.3 Å². The molecule has 140 valence electrons. The van der Waals surface area contributed by atoms with Crippen molar-refractivity contribution in [1.29, 1.82) is 0 Å². The number of hydrogen-bond acceptors (Lipinski definition) is 6. The molecule has 1 amide bonds. The van der Waals surface area contributed by atoms with E-state index in [1.54, 1.807) is 18.2 Å². The van der Waals surface area contributed by atoms with E-state index in [4.69, 9.17) is 4.74 Å². The highest BCUT2D eigenvalue weighted by Gasteiger charge is 2.42. The van der Waals surface area contributed by atoms with E-state index in [-0.39, 0.29) is 22.3 Å². The number of thioether (sulfide) groups is 1. The van der Waals surface area contributed by atoms with Gasteiger partial charge in [0.05, 0.1) is 30.3 Å². The Hall–Kier alpha value is -2.32. The van der Waals surface area contributed by atoms with Crippen LogP contribution >= 0.6 is 11.8 Å². The third kappa shape index (κ3) is 3.23. The largest absolute Gasteiger partial charge is 0.494 e. The number of carbonyl (C=O) groups is 1. The first-order chi connectivity index (χ1) is 13.0. The molecule has 0 bridgehead atoms. The molecule has 2 aliphatic heterocycles. The molecular formula is C19H18N2O4S2. The molecule has 0 aliphatic carbocycles. The highest BCUT2D eigenvalue weighted by molar-refractivity contribution is 8.15. The molecule has 0 spiro atoms. The number of nitrogens with zero attached hydrogens (tertiary/aromatic N) is 2. The van der Waals surface area contributed by atoms with E-state index < -0.39 is 15.9 Å². The molecule has 8 heteroatoms. The Bertz CT molecular complexity index is 1020. The van der Waals surface area contributed by atoms with Gasteiger partial charge in [-0.3, -0.25) is 9.79 Å². The van der Waals surface area contributed by atoms with Crippen molar-refractivity contribution in [2.75, 3.05) is 19.7 Å². The van der Waals surface area contributed by atoms with Crippen molar-refractivity contribution in [2.45, 2.75) is 17.1 Å². The zero-order valence-corrected chi connectivity index (χ0v) is 16.3. The molecular weight excluding hydrogens is 384 g/mol. The van der Waals surface area contributed by atoms with Gasteiger partial charge in [0.2, 0.25) is 0 Å². The quantitative estimate of drug-likeness (QED) is 0.769. The molecule has 2 aromatic rings. The van der Waals surface area contributed by atoms with Gasteiger partial charge in [0.25, 0.3) is 15.9 Å². The van der Waals surface area contributed by atoms with Gasteiger partial charge in [-0.2, -0.15) is 0 Å². The number of benzene rings is 2. The summed E-state index contributed by atoms with van der Waals surface area (Å²) in [5.41, 5.74) is 1.21. The third-order valence-corrected chi connectivity index (χ3v) is 7.44. The Morgan fingerprint density at radius 1 is 1.19 bits per heavy atom. The van der Waals surface area contributed by atoms with E-state index in [2.05, 4.69) is 4.99 Å². The molecule has 0 N–H and O–H groups in total. The van der Waals surface area contributed by atoms with Crippen molar-refractivity contribution in [1.82, 2.24) is 4.31 Å². The fourth-order valence-electron chi connectivity index (χ4n) is 3.13. The minimum atomic E-state index is -3.77. The van der Waals surface area contributed by atoms with Gasteiger partial charge in [0, 0.05) is 10.8 Å². The zero-order chi connectivity index (χ0) is 19.0. The molecule has 0 saturated carbocycles. The summed E-state index contributed by atoms with van der Waals surface area (Å²) >= 11 is 1.50. The average Bonchev–Trinajstić information content (AvgIpc) is 3.21. The Balaban J connectivity index is 1.46. The number of amides is 1. The second kappa shape index (κ2) is 7.01. The first-order valence-corrected chi connectivity index (χ1v) is 10.9. The van der Waals surface area contributed by atoms with Gasteiger partial charge in [-0.1, -0.05) is 23.9 Å². The summed E-state index contributed by atoms with van der Waals surface area (Å²) in [5, 5.41) is 0.754. The number of aliphatic imine (C=N–C) groups is 1. The molecule has 0 saturated heterocycles. The normalized spacial score (nSPS) is 20.5. The predicted octanol–water partition coefficient (Wildman–Crippen LogP) is 2.79. The molecule has 2 aromatic carbocycles. The van der Waals surface area contributed by atoms with Crippen molar-refractivity contribution < 1.29 is 17.9 Å². The van der Waals surface area contributed by atoms with Gasteiger partial charge in [-0.25, -0.2) is 12.7 Å². The molecule has 27 heavy (non-hydrogen) atoms. The Labute approximate surface area is 162 Å². The van der Waals surface area contributed by atoms with Crippen molar-refractivity contribution in [3.8, 4) is 5.75 Å². The maximum Gasteiger partial charge on any atom is 0.269 e. The average molecular weight is 402 g/mol. The van der Waals surface area contributed by atoms with Crippen LogP contribution in [0.15, 0.2) is 58.4 Å². The molecule has 6 nitrogen and oxygen atoms in total. The summed E-state index contributed by atoms with van der Waals surface area (Å²) in [6.07, 6.45) is 0. The number of hydrogen-bond donors (Lipinski definition) is 0. The fraction of sp³-hybridized carbons (Fsp3) is 0.263. The summed E-state index contributed by atoms with van der Waals surface area (Å²) in [6, 6.07) is 14.0. The summed E-state index contributed by atoms with van der Waals surface area (Å²) in [6.45, 7) is 3.13. The molecule has 0 aromatic heterocycles. The van der Waals surface area contributed by atoms with Crippen LogP contribution in [0.25, 0.3) is 0 Å². The Morgan fingerprint density at radius 2 is 1.93 bits per heavy atom. The summed E-state index contributed by atoms with van der Waals surface area (Å²) in [4.78, 5) is 17.2. The van der Waals surface area contributed by atoms with Gasteiger partial charge in [-0.15, -0.1) is 0 Å². The molecule has 0 unspecified atom stereocenters. The van der Waals surface area contributed by atoms with Crippen LogP contribution < -0.4 is 4.74 Å². The van der Waals surface area contributed by atoms with E-state index in [0.717, 1.165) is 20.7 Å². The summed E-state index contributed by atoms with van der Waals surface area (Å²) in [7, 11) is -3.77. The molecule has 0 fully saturated rings. The maximum atomic E-state index is 12.7. The molecule has 4 rings (SSSR count). The minimum absolute atomic E-state index is 0.0886. The number of rotatable bonds is 5. The van der Waals surface area contributed by atoms with Crippen molar-refractivity contribution in [3.05, 3.63) is 59.7 Å². The highest BCUT2D eigenvalue weighted by Crippen LogP contribution is 2.33. The van der Waals surface area contributed by atoms with Crippen LogP contribution in [-0.2, 0) is 10.0 Å². The molecule has 2 heterocycles. The van der Waals surface area contributed by atoms with Crippen molar-refractivity contribution in [2.24, 2.45) is 4.99 Å². The van der Waals surface area contributed by atoms with Crippen LogP contribution in [0.1, 0.15) is 22.8 Å². The first kappa shape index (κ1) is 18.1. The second-order valence-electron chi connectivity index (χ2n) is 6.18. The van der Waals surface area contributed by atoms with Gasteiger partial charge >= 0.3 is 0 Å². The number of fused-ring (bicyclic) bond motifs is 1. The van der Waals surface area contributed by atoms with E-state index in [1.165, 1.54) is 17.8 Å². The fourth-order valence-corrected chi connectivity index (χ4v) is 5.95. The lowest BCUT2D eigenvalue weighted by Crippen LogP contribution is -2.36. The van der Waals surface area contributed by atoms with Crippen molar-refractivity contribution >= 4 is 32.7 Å². The summed E-state index contributed by atoms with van der Waals surface area (Å²) in [5.74, 6) is 0.341. The van der Waals surface area contributed by atoms with Crippen molar-refractivity contribution in [3.63, 3.8) is 0 Å². The van der Waals surface area contributed by atoms with Crippen LogP contribution in [-0.4, -0.2) is 48.6 Å². The monoisotopic (exact) mass is 402 g/mol. The lowest BCUT2D eigenvalue weighted by Gasteiger charge is -2.18. The van der Waals surface area contributed by atoms with Gasteiger partial charge in [0.1, 0.15) is 10.6 Å². The van der Waals surface area contributed by atoms with Gasteiger partial charge in [0.15, 0.2) is 0 Å². The molecule has 0 radical (unpaired) electrons. The minimum Gasteiger partial charge on any atom is -0.494 e. The topological polar surface area (TPSA) is 76.0 Å². The van der Waals surface area contributed by atoms with E-state index >= 15 is 0 Å². The van der Waals surface area contributed by atoms with E-state index in [0.29, 0.717) is 13.2 Å². The highest BCUT2D eigenvalue weighted by atomic mass is 32.2. The van der Waals surface area contributed by atoms with Gasteiger partial charge < -0.3 is 4.74 Å². The smallest absolute Gasteiger partial charge is 0.269 e. The summed E-state index contributed by atoms with van der Waals surface area (Å²) < 4.78 is 31.8. The predicted molar refractivity (Wildman–Crippen MR) is 105 cm³/mol. The number of carbonyl (C=O) groups excluding carboxylic acids is 1. The lowest BCUT2D eigenvalue weighted by atomic mass is 10.2. The van der Waals surface area contributed by atoms with E-state index in [1.807, 2.05) is 31.2 Å². The zero-order valence-electron chi connectivity index (χ0n) is 14.7. The molecule has 1 atom stereocenters. The van der Waals surface area contributed by atoms with Crippen LogP contribution in [0, 0.1) is 0 Å². The molecule has 2 aliphatic rings. The van der Waals surface area contributed by atoms with Crippen LogP contribution in [0.3, 0.4) is 0 Å². The Morgan fingerprint density at radius 3 is 2.63 bits per heavy atom. The van der Waals surface area contributed by atoms with E-state index in [9.17, 15) is 13.2 Å². The third-order valence-electron chi connectivity index (χ3n) is 4.41. The standard InChI is InChI=1S/C19H18N2O4S2/c1-2-25-14-9-7-13(8-10-14)18-20-11-15(26-18)12-21-19(22)16-5-3-4-6-17(16)27(21,23)24/h3-10,15H,2,11-12H2,1H3/t15-/m1/s1. The Kier molecular flexibility index (Phi) is 4.69. The number of ether oxygens (including phenoxy) is 1. The second-order valence-corrected chi connectivity index (χ2v) is 9.30.